The molecule has 5 nitrogen and oxygen atoms in total. The zero-order valence-electron chi connectivity index (χ0n) is 16.6. The van der Waals surface area contributed by atoms with Gasteiger partial charge in [-0.25, -0.2) is 0 Å². The number of para-hydroxylation sites is 1. The lowest BCUT2D eigenvalue weighted by Crippen LogP contribution is -2.29. The largest absolute Gasteiger partial charge is 0.321 e. The van der Waals surface area contributed by atoms with E-state index in [0.29, 0.717) is 23.7 Å². The van der Waals surface area contributed by atoms with Crippen LogP contribution in [-0.2, 0) is 6.42 Å². The summed E-state index contributed by atoms with van der Waals surface area (Å²) in [5.41, 5.74) is 4.68. The highest BCUT2D eigenvalue weighted by Gasteiger charge is 2.25. The molecule has 0 spiro atoms. The zero-order chi connectivity index (χ0) is 20.4. The number of benzene rings is 2. The summed E-state index contributed by atoms with van der Waals surface area (Å²) in [5, 5.41) is 2.85. The molecule has 0 atom stereocenters. The van der Waals surface area contributed by atoms with Crippen LogP contribution < -0.4 is 10.2 Å². The molecular formula is C24H23N3O2. The van der Waals surface area contributed by atoms with Gasteiger partial charge >= 0.3 is 0 Å². The number of anilines is 2. The molecule has 0 fully saturated rings. The molecule has 2 heterocycles. The summed E-state index contributed by atoms with van der Waals surface area (Å²) in [6.45, 7) is 4.89. The number of nitrogens with one attached hydrogen (secondary N) is 1. The molecule has 146 valence electrons. The lowest BCUT2D eigenvalue weighted by molar-refractivity contribution is 0.0989. The van der Waals surface area contributed by atoms with Crippen LogP contribution in [0.25, 0.3) is 0 Å². The van der Waals surface area contributed by atoms with E-state index >= 15 is 0 Å². The quantitative estimate of drug-likeness (QED) is 0.710. The third-order valence-electron chi connectivity index (χ3n) is 5.21. The van der Waals surface area contributed by atoms with Crippen molar-refractivity contribution in [3.63, 3.8) is 0 Å². The predicted octanol–water partition coefficient (Wildman–Crippen LogP) is 4.66. The van der Waals surface area contributed by atoms with Crippen molar-refractivity contribution >= 4 is 23.2 Å². The van der Waals surface area contributed by atoms with Gasteiger partial charge < -0.3 is 10.2 Å². The minimum absolute atomic E-state index is 0.118. The van der Waals surface area contributed by atoms with Gasteiger partial charge in [-0.2, -0.15) is 0 Å². The number of amides is 2. The molecule has 4 rings (SSSR count). The molecule has 0 unspecified atom stereocenters. The Morgan fingerprint density at radius 2 is 1.79 bits per heavy atom. The molecular weight excluding hydrogens is 362 g/mol. The van der Waals surface area contributed by atoms with Gasteiger partial charge in [-0.15, -0.1) is 0 Å². The molecule has 0 saturated heterocycles. The Hall–Kier alpha value is -3.47. The molecule has 3 aromatic rings. The van der Waals surface area contributed by atoms with E-state index in [-0.39, 0.29) is 17.5 Å². The van der Waals surface area contributed by atoms with Gasteiger partial charge in [-0.3, -0.25) is 14.6 Å². The van der Waals surface area contributed by atoms with Crippen LogP contribution in [0.3, 0.4) is 0 Å². The number of aromatic nitrogens is 1. The highest BCUT2D eigenvalue weighted by Crippen LogP contribution is 2.29. The maximum atomic E-state index is 13.0. The minimum atomic E-state index is -0.334. The second kappa shape index (κ2) is 7.87. The van der Waals surface area contributed by atoms with Crippen molar-refractivity contribution in [3.05, 3.63) is 89.2 Å². The Morgan fingerprint density at radius 1 is 1.03 bits per heavy atom. The molecule has 2 aromatic carbocycles. The monoisotopic (exact) mass is 385 g/mol. The summed E-state index contributed by atoms with van der Waals surface area (Å²) in [6.07, 6.45) is 2.35. The van der Waals surface area contributed by atoms with Crippen molar-refractivity contribution in [2.24, 2.45) is 0 Å². The molecule has 0 radical (unpaired) electrons. The van der Waals surface area contributed by atoms with Crippen LogP contribution in [0, 0.1) is 0 Å². The highest BCUT2D eigenvalue weighted by molar-refractivity contribution is 6.09. The third-order valence-corrected chi connectivity index (χ3v) is 5.21. The van der Waals surface area contributed by atoms with Crippen LogP contribution in [0.4, 0.5) is 11.4 Å². The second-order valence-corrected chi connectivity index (χ2v) is 7.50. The van der Waals surface area contributed by atoms with E-state index < -0.39 is 0 Å². The molecule has 1 aliphatic rings. The van der Waals surface area contributed by atoms with Crippen LogP contribution in [-0.4, -0.2) is 23.3 Å². The summed E-state index contributed by atoms with van der Waals surface area (Å²) >= 11 is 0. The fourth-order valence-electron chi connectivity index (χ4n) is 3.54. The van der Waals surface area contributed by atoms with Gasteiger partial charge in [-0.05, 0) is 53.8 Å². The van der Waals surface area contributed by atoms with Gasteiger partial charge in [0.05, 0.1) is 0 Å². The first-order chi connectivity index (χ1) is 14.0. The summed E-state index contributed by atoms with van der Waals surface area (Å²) in [4.78, 5) is 31.6. The molecule has 1 N–H and O–H groups in total. The number of hydrogen-bond donors (Lipinski definition) is 1. The van der Waals surface area contributed by atoms with Crippen molar-refractivity contribution in [2.75, 3.05) is 16.8 Å². The van der Waals surface area contributed by atoms with E-state index in [4.69, 9.17) is 0 Å². The fourth-order valence-corrected chi connectivity index (χ4v) is 3.54. The molecule has 0 aliphatic carbocycles. The molecule has 0 bridgehead atoms. The van der Waals surface area contributed by atoms with Gasteiger partial charge in [0.1, 0.15) is 5.69 Å². The normalized spacial score (nSPS) is 12.7. The fraction of sp³-hybridized carbons (Fsp3) is 0.208. The Labute approximate surface area is 170 Å². The Balaban J connectivity index is 1.51. The van der Waals surface area contributed by atoms with E-state index in [1.807, 2.05) is 48.5 Å². The van der Waals surface area contributed by atoms with Crippen LogP contribution in [0.1, 0.15) is 51.7 Å². The lowest BCUT2D eigenvalue weighted by atomic mass is 10.0. The average Bonchev–Trinajstić information content (AvgIpc) is 3.18. The Morgan fingerprint density at radius 3 is 2.55 bits per heavy atom. The van der Waals surface area contributed by atoms with Crippen molar-refractivity contribution < 1.29 is 9.59 Å². The number of carbonyl (C=O) groups is 2. The number of nitrogens with zero attached hydrogens (tertiary/aromatic N) is 2. The van der Waals surface area contributed by atoms with Crippen molar-refractivity contribution in [2.45, 2.75) is 26.2 Å². The van der Waals surface area contributed by atoms with E-state index in [0.717, 1.165) is 17.7 Å². The third kappa shape index (κ3) is 3.90. The van der Waals surface area contributed by atoms with Crippen molar-refractivity contribution in [1.82, 2.24) is 4.98 Å². The van der Waals surface area contributed by atoms with Gasteiger partial charge in [-0.1, -0.05) is 44.2 Å². The summed E-state index contributed by atoms with van der Waals surface area (Å²) < 4.78 is 0. The van der Waals surface area contributed by atoms with Gasteiger partial charge in [0.15, 0.2) is 0 Å². The molecule has 5 heteroatoms. The van der Waals surface area contributed by atoms with Crippen molar-refractivity contribution in [1.29, 1.82) is 0 Å². The van der Waals surface area contributed by atoms with Crippen LogP contribution in [0.15, 0.2) is 66.9 Å². The molecule has 2 amide bonds. The first kappa shape index (κ1) is 18.9. The number of pyridine rings is 1. The number of hydrogen-bond acceptors (Lipinski definition) is 3. The van der Waals surface area contributed by atoms with Crippen LogP contribution in [0.5, 0.6) is 0 Å². The Bertz CT molecular complexity index is 1060. The Kier molecular flexibility index (Phi) is 5.12. The first-order valence-electron chi connectivity index (χ1n) is 9.80. The first-order valence-corrected chi connectivity index (χ1v) is 9.80. The second-order valence-electron chi connectivity index (χ2n) is 7.50. The van der Waals surface area contributed by atoms with E-state index in [1.54, 1.807) is 17.0 Å². The predicted molar refractivity (Wildman–Crippen MR) is 115 cm³/mol. The molecule has 1 aromatic heterocycles. The average molecular weight is 385 g/mol. The standard InChI is InChI=1S/C24H23N3O2/c1-16(2)17-7-9-20(10-8-17)26-23(28)21-15-19(11-13-25-21)24(29)27-14-12-18-5-3-4-6-22(18)27/h3-11,13,15-16H,12,14H2,1-2H3,(H,26,28). The molecule has 1 aliphatic heterocycles. The lowest BCUT2D eigenvalue weighted by Gasteiger charge is -2.17. The zero-order valence-corrected chi connectivity index (χ0v) is 16.6. The maximum Gasteiger partial charge on any atom is 0.274 e. The summed E-state index contributed by atoms with van der Waals surface area (Å²) in [6, 6.07) is 18.9. The van der Waals surface area contributed by atoms with Gasteiger partial charge in [0.2, 0.25) is 0 Å². The molecule has 0 saturated carbocycles. The number of rotatable bonds is 4. The van der Waals surface area contributed by atoms with E-state index in [1.165, 1.54) is 11.8 Å². The minimum Gasteiger partial charge on any atom is -0.321 e. The maximum absolute atomic E-state index is 13.0. The smallest absolute Gasteiger partial charge is 0.274 e. The number of fused-ring (bicyclic) bond motifs is 1. The molecule has 29 heavy (non-hydrogen) atoms. The summed E-state index contributed by atoms with van der Waals surface area (Å²) in [5.74, 6) is -0.0220. The van der Waals surface area contributed by atoms with Crippen molar-refractivity contribution in [3.8, 4) is 0 Å². The topological polar surface area (TPSA) is 62.3 Å². The SMILES string of the molecule is CC(C)c1ccc(NC(=O)c2cc(C(=O)N3CCc4ccccc43)ccn2)cc1. The van der Waals surface area contributed by atoms with Crippen LogP contribution >= 0.6 is 0 Å². The number of carbonyl (C=O) groups excluding carboxylic acids is 2. The highest BCUT2D eigenvalue weighted by atomic mass is 16.2. The van der Waals surface area contributed by atoms with Crippen LogP contribution in [0.2, 0.25) is 0 Å². The van der Waals surface area contributed by atoms with Gasteiger partial charge in [0, 0.05) is 29.7 Å². The van der Waals surface area contributed by atoms with Gasteiger partial charge in [0.25, 0.3) is 11.8 Å². The summed E-state index contributed by atoms with van der Waals surface area (Å²) in [7, 11) is 0. The van der Waals surface area contributed by atoms with E-state index in [2.05, 4.69) is 24.1 Å². The van der Waals surface area contributed by atoms with E-state index in [9.17, 15) is 9.59 Å².